The fourth-order valence-corrected chi connectivity index (χ4v) is 2.64. The highest BCUT2D eigenvalue weighted by Gasteiger charge is 2.19. The van der Waals surface area contributed by atoms with Crippen LogP contribution in [0.15, 0.2) is 30.6 Å². The lowest BCUT2D eigenvalue weighted by Gasteiger charge is -2.30. The van der Waals surface area contributed by atoms with E-state index in [0.717, 1.165) is 36.5 Å². The standard InChI is InChI=1S/C16H17N3O2/c1-2-14-8-15(18-10-17-14)19-6-5-11-3-4-12(16(20)21)7-13(11)9-19/h3-4,7-8,10H,2,5-6,9H2,1H3,(H,20,21). The van der Waals surface area contributed by atoms with Crippen molar-refractivity contribution in [2.24, 2.45) is 0 Å². The SMILES string of the molecule is CCc1cc(N2CCc3ccc(C(=O)O)cc3C2)ncn1. The first-order valence-electron chi connectivity index (χ1n) is 7.08. The maximum atomic E-state index is 11.1. The normalized spacial score (nSPS) is 13.9. The minimum Gasteiger partial charge on any atom is -0.478 e. The molecule has 1 aromatic carbocycles. The number of carboxylic acid groups (broad SMARTS) is 1. The lowest BCUT2D eigenvalue weighted by molar-refractivity contribution is 0.0696. The predicted molar refractivity (Wildman–Crippen MR) is 79.6 cm³/mol. The zero-order valence-electron chi connectivity index (χ0n) is 11.9. The molecule has 0 radical (unpaired) electrons. The summed E-state index contributed by atoms with van der Waals surface area (Å²) < 4.78 is 0. The number of aryl methyl sites for hydroxylation is 1. The summed E-state index contributed by atoms with van der Waals surface area (Å²) in [5.41, 5.74) is 3.65. The van der Waals surface area contributed by atoms with Crippen LogP contribution >= 0.6 is 0 Å². The summed E-state index contributed by atoms with van der Waals surface area (Å²) in [6, 6.07) is 7.38. The van der Waals surface area contributed by atoms with Crippen LogP contribution in [0.2, 0.25) is 0 Å². The van der Waals surface area contributed by atoms with E-state index in [0.29, 0.717) is 12.1 Å². The Labute approximate surface area is 123 Å². The number of nitrogens with zero attached hydrogens (tertiary/aromatic N) is 3. The van der Waals surface area contributed by atoms with Crippen molar-refractivity contribution in [3.63, 3.8) is 0 Å². The predicted octanol–water partition coefficient (Wildman–Crippen LogP) is 2.30. The fraction of sp³-hybridized carbons (Fsp3) is 0.312. The van der Waals surface area contributed by atoms with Crippen LogP contribution in [0.3, 0.4) is 0 Å². The maximum absolute atomic E-state index is 11.1. The summed E-state index contributed by atoms with van der Waals surface area (Å²) in [4.78, 5) is 21.8. The van der Waals surface area contributed by atoms with Gasteiger partial charge in [-0.2, -0.15) is 0 Å². The molecular formula is C16H17N3O2. The van der Waals surface area contributed by atoms with Gasteiger partial charge in [0.25, 0.3) is 0 Å². The van der Waals surface area contributed by atoms with Crippen LogP contribution in [-0.2, 0) is 19.4 Å². The van der Waals surface area contributed by atoms with Gasteiger partial charge in [0.15, 0.2) is 0 Å². The first kappa shape index (κ1) is 13.5. The zero-order valence-corrected chi connectivity index (χ0v) is 11.9. The number of aromatic nitrogens is 2. The van der Waals surface area contributed by atoms with E-state index in [2.05, 4.69) is 21.8 Å². The Balaban J connectivity index is 1.89. The molecule has 2 heterocycles. The lowest BCUT2D eigenvalue weighted by atomic mass is 9.97. The minimum absolute atomic E-state index is 0.340. The summed E-state index contributed by atoms with van der Waals surface area (Å²) in [7, 11) is 0. The van der Waals surface area contributed by atoms with Gasteiger partial charge < -0.3 is 10.0 Å². The largest absolute Gasteiger partial charge is 0.478 e. The molecule has 108 valence electrons. The molecule has 2 aromatic rings. The Morgan fingerprint density at radius 1 is 1.29 bits per heavy atom. The molecule has 1 N–H and O–H groups in total. The number of hydrogen-bond acceptors (Lipinski definition) is 4. The molecule has 0 aliphatic carbocycles. The van der Waals surface area contributed by atoms with E-state index in [1.165, 1.54) is 5.56 Å². The van der Waals surface area contributed by atoms with Gasteiger partial charge in [0, 0.05) is 24.8 Å². The number of hydrogen-bond donors (Lipinski definition) is 1. The van der Waals surface area contributed by atoms with Crippen LogP contribution < -0.4 is 4.90 Å². The van der Waals surface area contributed by atoms with E-state index >= 15 is 0 Å². The van der Waals surface area contributed by atoms with Crippen LogP contribution in [0.25, 0.3) is 0 Å². The third-order valence-corrected chi connectivity index (χ3v) is 3.86. The average molecular weight is 283 g/mol. The summed E-state index contributed by atoms with van der Waals surface area (Å²) in [6.07, 6.45) is 3.38. The van der Waals surface area contributed by atoms with E-state index in [1.54, 1.807) is 18.5 Å². The molecule has 1 aliphatic rings. The van der Waals surface area contributed by atoms with Crippen molar-refractivity contribution in [3.8, 4) is 0 Å². The molecule has 0 saturated heterocycles. The van der Waals surface area contributed by atoms with Gasteiger partial charge in [-0.05, 0) is 36.1 Å². The Morgan fingerprint density at radius 3 is 2.90 bits per heavy atom. The maximum Gasteiger partial charge on any atom is 0.335 e. The molecule has 1 aliphatic heterocycles. The Hall–Kier alpha value is -2.43. The van der Waals surface area contributed by atoms with Crippen LogP contribution in [0, 0.1) is 0 Å². The van der Waals surface area contributed by atoms with Crippen molar-refractivity contribution in [2.75, 3.05) is 11.4 Å². The number of rotatable bonds is 3. The topological polar surface area (TPSA) is 66.3 Å². The van der Waals surface area contributed by atoms with Crippen LogP contribution in [0.5, 0.6) is 0 Å². The third kappa shape index (κ3) is 2.72. The highest BCUT2D eigenvalue weighted by atomic mass is 16.4. The van der Waals surface area contributed by atoms with Gasteiger partial charge in [-0.3, -0.25) is 0 Å². The van der Waals surface area contributed by atoms with Crippen LogP contribution in [0.4, 0.5) is 5.82 Å². The third-order valence-electron chi connectivity index (χ3n) is 3.86. The fourth-order valence-electron chi connectivity index (χ4n) is 2.64. The van der Waals surface area contributed by atoms with Gasteiger partial charge >= 0.3 is 5.97 Å². The number of carbonyl (C=O) groups is 1. The highest BCUT2D eigenvalue weighted by molar-refractivity contribution is 5.88. The highest BCUT2D eigenvalue weighted by Crippen LogP contribution is 2.24. The van der Waals surface area contributed by atoms with Gasteiger partial charge in [-0.1, -0.05) is 13.0 Å². The van der Waals surface area contributed by atoms with Gasteiger partial charge in [0.05, 0.1) is 5.56 Å². The molecule has 21 heavy (non-hydrogen) atoms. The second-order valence-electron chi connectivity index (χ2n) is 5.18. The van der Waals surface area contributed by atoms with E-state index in [-0.39, 0.29) is 0 Å². The van der Waals surface area contributed by atoms with Gasteiger partial charge in [0.2, 0.25) is 0 Å². The van der Waals surface area contributed by atoms with Crippen molar-refractivity contribution < 1.29 is 9.90 Å². The molecule has 0 unspecified atom stereocenters. The molecule has 0 spiro atoms. The average Bonchev–Trinajstić information content (AvgIpc) is 2.53. The van der Waals surface area contributed by atoms with E-state index < -0.39 is 5.97 Å². The van der Waals surface area contributed by atoms with Crippen molar-refractivity contribution in [2.45, 2.75) is 26.3 Å². The second-order valence-corrected chi connectivity index (χ2v) is 5.18. The molecule has 3 rings (SSSR count). The molecule has 0 bridgehead atoms. The van der Waals surface area contributed by atoms with Crippen molar-refractivity contribution in [1.82, 2.24) is 9.97 Å². The quantitative estimate of drug-likeness (QED) is 0.936. The van der Waals surface area contributed by atoms with Gasteiger partial charge in [0.1, 0.15) is 12.1 Å². The summed E-state index contributed by atoms with van der Waals surface area (Å²) in [6.45, 7) is 3.65. The Kier molecular flexibility index (Phi) is 3.56. The first-order chi connectivity index (χ1) is 10.2. The summed E-state index contributed by atoms with van der Waals surface area (Å²) in [5, 5.41) is 9.10. The van der Waals surface area contributed by atoms with Crippen molar-refractivity contribution >= 4 is 11.8 Å². The van der Waals surface area contributed by atoms with Gasteiger partial charge in [-0.15, -0.1) is 0 Å². The molecule has 5 nitrogen and oxygen atoms in total. The lowest BCUT2D eigenvalue weighted by Crippen LogP contribution is -2.31. The zero-order chi connectivity index (χ0) is 14.8. The Bertz CT molecular complexity index is 685. The molecule has 5 heteroatoms. The summed E-state index contributed by atoms with van der Waals surface area (Å²) >= 11 is 0. The number of anilines is 1. The monoisotopic (exact) mass is 283 g/mol. The number of carboxylic acids is 1. The van der Waals surface area contributed by atoms with Crippen molar-refractivity contribution in [1.29, 1.82) is 0 Å². The summed E-state index contributed by atoms with van der Waals surface area (Å²) in [5.74, 6) is 0.0263. The molecule has 0 saturated carbocycles. The van der Waals surface area contributed by atoms with Gasteiger partial charge in [-0.25, -0.2) is 14.8 Å². The van der Waals surface area contributed by atoms with Crippen LogP contribution in [-0.4, -0.2) is 27.6 Å². The number of benzene rings is 1. The van der Waals surface area contributed by atoms with E-state index in [4.69, 9.17) is 5.11 Å². The number of fused-ring (bicyclic) bond motifs is 1. The second kappa shape index (κ2) is 5.52. The minimum atomic E-state index is -0.884. The molecule has 0 atom stereocenters. The van der Waals surface area contributed by atoms with E-state index in [9.17, 15) is 4.79 Å². The molecule has 0 fully saturated rings. The Morgan fingerprint density at radius 2 is 2.14 bits per heavy atom. The number of aromatic carboxylic acids is 1. The molecule has 1 aromatic heterocycles. The first-order valence-corrected chi connectivity index (χ1v) is 7.08. The van der Waals surface area contributed by atoms with Crippen LogP contribution in [0.1, 0.15) is 34.1 Å². The smallest absolute Gasteiger partial charge is 0.335 e. The molecule has 0 amide bonds. The molecular weight excluding hydrogens is 266 g/mol. The van der Waals surface area contributed by atoms with E-state index in [1.807, 2.05) is 12.1 Å². The van der Waals surface area contributed by atoms with Crippen molar-refractivity contribution in [3.05, 3.63) is 53.0 Å².